The Bertz CT molecular complexity index is 2050. The summed E-state index contributed by atoms with van der Waals surface area (Å²) in [5.74, 6) is 1.35. The van der Waals surface area contributed by atoms with Crippen LogP contribution in [0.1, 0.15) is 16.7 Å². The Morgan fingerprint density at radius 2 is 1.02 bits per heavy atom. The van der Waals surface area contributed by atoms with Gasteiger partial charge in [-0.05, 0) is 48.9 Å². The number of aliphatic imine (C=N–C) groups is 2. The highest BCUT2D eigenvalue weighted by atomic mass is 15.5. The van der Waals surface area contributed by atoms with Crippen molar-refractivity contribution >= 4 is 45.1 Å². The van der Waals surface area contributed by atoms with Gasteiger partial charge in [-0.25, -0.2) is 9.98 Å². The summed E-state index contributed by atoms with van der Waals surface area (Å²) in [5.41, 5.74) is 7.75. The van der Waals surface area contributed by atoms with Crippen molar-refractivity contribution in [3.63, 3.8) is 0 Å². The number of nitrogens with zero attached hydrogens (tertiary/aromatic N) is 8. The smallest absolute Gasteiger partial charge is 0.163 e. The second-order valence-corrected chi connectivity index (χ2v) is 9.55. The van der Waals surface area contributed by atoms with Gasteiger partial charge >= 0.3 is 0 Å². The molecule has 0 spiro atoms. The zero-order valence-corrected chi connectivity index (χ0v) is 22.2. The highest BCUT2D eigenvalue weighted by molar-refractivity contribution is 6.06. The van der Waals surface area contributed by atoms with Crippen molar-refractivity contribution in [3.8, 4) is 0 Å². The van der Waals surface area contributed by atoms with E-state index in [-0.39, 0.29) is 0 Å². The SMILES string of the molecule is Cc1ccc(N=C(c2ccccc2)n2nnc3ccccc32)cc1N=C(c1ccccc1)n1nnc2ccccc21. The van der Waals surface area contributed by atoms with Crippen LogP contribution >= 0.6 is 0 Å². The molecule has 7 aromatic rings. The van der Waals surface area contributed by atoms with Crippen LogP contribution in [0.15, 0.2) is 137 Å². The molecule has 5 aromatic carbocycles. The largest absolute Gasteiger partial charge is 0.228 e. The average molecular weight is 533 g/mol. The molecule has 196 valence electrons. The van der Waals surface area contributed by atoms with Crippen molar-refractivity contribution in [3.05, 3.63) is 144 Å². The second kappa shape index (κ2) is 10.4. The van der Waals surface area contributed by atoms with Crippen LogP contribution in [-0.4, -0.2) is 41.7 Å². The molecule has 0 fully saturated rings. The molecule has 2 heterocycles. The van der Waals surface area contributed by atoms with Gasteiger partial charge in [-0.2, -0.15) is 9.36 Å². The highest BCUT2D eigenvalue weighted by Gasteiger charge is 2.15. The lowest BCUT2D eigenvalue weighted by atomic mass is 10.1. The summed E-state index contributed by atoms with van der Waals surface area (Å²) in [6.45, 7) is 2.04. The van der Waals surface area contributed by atoms with Crippen molar-refractivity contribution in [2.24, 2.45) is 9.98 Å². The summed E-state index contributed by atoms with van der Waals surface area (Å²) < 4.78 is 3.57. The molecule has 0 unspecified atom stereocenters. The van der Waals surface area contributed by atoms with Crippen LogP contribution in [0.5, 0.6) is 0 Å². The van der Waals surface area contributed by atoms with Gasteiger partial charge in [0.15, 0.2) is 11.7 Å². The maximum Gasteiger partial charge on any atom is 0.163 e. The molecule has 0 amide bonds. The van der Waals surface area contributed by atoms with Crippen LogP contribution in [-0.2, 0) is 0 Å². The molecule has 0 atom stereocenters. The number of aryl methyl sites for hydroxylation is 1. The van der Waals surface area contributed by atoms with Gasteiger partial charge in [-0.1, -0.05) is 101 Å². The van der Waals surface area contributed by atoms with Gasteiger partial charge in [-0.3, -0.25) is 0 Å². The van der Waals surface area contributed by atoms with Crippen LogP contribution in [0.4, 0.5) is 11.4 Å². The fourth-order valence-electron chi connectivity index (χ4n) is 4.72. The quantitative estimate of drug-likeness (QED) is 0.186. The fraction of sp³-hybridized carbons (Fsp3) is 0.0303. The summed E-state index contributed by atoms with van der Waals surface area (Å²) in [5, 5.41) is 17.6. The van der Waals surface area contributed by atoms with Crippen LogP contribution in [0.2, 0.25) is 0 Å². The number of fused-ring (bicyclic) bond motifs is 2. The van der Waals surface area contributed by atoms with E-state index >= 15 is 0 Å². The Morgan fingerprint density at radius 1 is 0.537 bits per heavy atom. The van der Waals surface area contributed by atoms with E-state index in [4.69, 9.17) is 9.98 Å². The van der Waals surface area contributed by atoms with Crippen molar-refractivity contribution in [1.82, 2.24) is 30.0 Å². The molecule has 8 nitrogen and oxygen atoms in total. The number of aromatic nitrogens is 6. The fourth-order valence-corrected chi connectivity index (χ4v) is 4.72. The third kappa shape index (κ3) is 4.68. The molecular weight excluding hydrogens is 508 g/mol. The van der Waals surface area contributed by atoms with Crippen molar-refractivity contribution in [2.45, 2.75) is 6.92 Å². The monoisotopic (exact) mass is 532 g/mol. The summed E-state index contributed by atoms with van der Waals surface area (Å²) in [4.78, 5) is 10.2. The molecule has 41 heavy (non-hydrogen) atoms. The third-order valence-electron chi connectivity index (χ3n) is 6.82. The first-order chi connectivity index (χ1) is 20.2. The molecule has 0 N–H and O–H groups in total. The number of para-hydroxylation sites is 2. The number of hydrogen-bond donors (Lipinski definition) is 0. The van der Waals surface area contributed by atoms with Crippen molar-refractivity contribution in [1.29, 1.82) is 0 Å². The van der Waals surface area contributed by atoms with Gasteiger partial charge in [0.05, 0.1) is 22.4 Å². The Hall–Kier alpha value is -5.76. The molecule has 0 saturated heterocycles. The first kappa shape index (κ1) is 24.3. The van der Waals surface area contributed by atoms with E-state index in [1.165, 1.54) is 0 Å². The average Bonchev–Trinajstić information content (AvgIpc) is 3.66. The first-order valence-electron chi connectivity index (χ1n) is 13.3. The summed E-state index contributed by atoms with van der Waals surface area (Å²) >= 11 is 0. The van der Waals surface area contributed by atoms with Crippen molar-refractivity contribution in [2.75, 3.05) is 0 Å². The minimum atomic E-state index is 0.670. The normalized spacial score (nSPS) is 12.3. The van der Waals surface area contributed by atoms with Gasteiger partial charge in [0.2, 0.25) is 0 Å². The van der Waals surface area contributed by atoms with E-state index in [1.54, 1.807) is 9.36 Å². The Kier molecular flexibility index (Phi) is 6.18. The second-order valence-electron chi connectivity index (χ2n) is 9.55. The number of hydrogen-bond acceptors (Lipinski definition) is 6. The molecule has 0 aliphatic heterocycles. The van der Waals surface area contributed by atoms with Gasteiger partial charge in [0.25, 0.3) is 0 Å². The zero-order valence-electron chi connectivity index (χ0n) is 22.2. The van der Waals surface area contributed by atoms with Crippen LogP contribution in [0, 0.1) is 6.92 Å². The van der Waals surface area contributed by atoms with Gasteiger partial charge in [0.1, 0.15) is 11.0 Å². The maximum atomic E-state index is 5.15. The Labute approximate surface area is 235 Å². The lowest BCUT2D eigenvalue weighted by Crippen LogP contribution is -2.15. The van der Waals surface area contributed by atoms with Crippen molar-refractivity contribution < 1.29 is 0 Å². The molecule has 0 bridgehead atoms. The predicted octanol–water partition coefficient (Wildman–Crippen LogP) is 6.74. The van der Waals surface area contributed by atoms with E-state index in [2.05, 4.69) is 20.6 Å². The van der Waals surface area contributed by atoms with E-state index in [0.717, 1.165) is 50.1 Å². The third-order valence-corrected chi connectivity index (χ3v) is 6.82. The molecular formula is C33H24N8. The topological polar surface area (TPSA) is 86.1 Å². The minimum absolute atomic E-state index is 0.670. The van der Waals surface area contributed by atoms with Gasteiger partial charge < -0.3 is 0 Å². The molecule has 0 radical (unpaired) electrons. The first-order valence-corrected chi connectivity index (χ1v) is 13.3. The number of benzene rings is 5. The summed E-state index contributed by atoms with van der Waals surface area (Å²) in [6.07, 6.45) is 0. The Morgan fingerprint density at radius 3 is 1.59 bits per heavy atom. The number of rotatable bonds is 4. The van der Waals surface area contributed by atoms with Gasteiger partial charge in [-0.15, -0.1) is 10.2 Å². The van der Waals surface area contributed by atoms with Gasteiger partial charge in [0, 0.05) is 11.1 Å². The predicted molar refractivity (Wildman–Crippen MR) is 162 cm³/mol. The maximum absolute atomic E-state index is 5.15. The van der Waals surface area contributed by atoms with E-state index < -0.39 is 0 Å². The molecule has 0 aliphatic rings. The highest BCUT2D eigenvalue weighted by Crippen LogP contribution is 2.28. The van der Waals surface area contributed by atoms with E-state index in [1.807, 2.05) is 134 Å². The van der Waals surface area contributed by atoms with E-state index in [9.17, 15) is 0 Å². The van der Waals surface area contributed by atoms with Crippen LogP contribution < -0.4 is 0 Å². The zero-order chi connectivity index (χ0) is 27.6. The standard InChI is InChI=1S/C33H24N8/c1-23-20-21-26(34-32(24-12-4-2-5-13-24)40-30-18-10-8-16-27(30)36-38-40)22-29(23)35-33(25-14-6-3-7-15-25)41-31-19-11-9-17-28(31)37-39-41/h2-22H,1H3. The molecule has 7 rings (SSSR count). The van der Waals surface area contributed by atoms with E-state index in [0.29, 0.717) is 11.7 Å². The molecule has 8 heteroatoms. The summed E-state index contributed by atoms with van der Waals surface area (Å²) in [7, 11) is 0. The van der Waals surface area contributed by atoms with Crippen LogP contribution in [0.3, 0.4) is 0 Å². The Balaban J connectivity index is 1.40. The lowest BCUT2D eigenvalue weighted by molar-refractivity contribution is 0.861. The minimum Gasteiger partial charge on any atom is -0.228 e. The molecule has 0 aliphatic carbocycles. The lowest BCUT2D eigenvalue weighted by Gasteiger charge is -2.11. The summed E-state index contributed by atoms with van der Waals surface area (Å²) in [6, 6.07) is 41.8. The van der Waals surface area contributed by atoms with Crippen LogP contribution in [0.25, 0.3) is 22.1 Å². The molecule has 0 saturated carbocycles. The molecule has 2 aromatic heterocycles.